The van der Waals surface area contributed by atoms with Gasteiger partial charge in [0.25, 0.3) is 0 Å². The van der Waals surface area contributed by atoms with Crippen LogP contribution in [0.15, 0.2) is 60.5 Å². The predicted molar refractivity (Wildman–Crippen MR) is 156 cm³/mol. The molecule has 2 aliphatic rings. The van der Waals surface area contributed by atoms with Gasteiger partial charge in [0.05, 0.1) is 23.1 Å². The topological polar surface area (TPSA) is 111 Å². The summed E-state index contributed by atoms with van der Waals surface area (Å²) in [6.07, 6.45) is 9.44. The number of halogens is 1. The van der Waals surface area contributed by atoms with Crippen LogP contribution in [0.1, 0.15) is 28.9 Å². The fourth-order valence-electron chi connectivity index (χ4n) is 5.22. The lowest BCUT2D eigenvalue weighted by Crippen LogP contribution is -2.20. The maximum atomic E-state index is 14.8. The molecule has 1 aromatic carbocycles. The SMILES string of the molecule is CN(C)CCNc1cc(F)cc(C2=CC=C(N)Cc3[nH]c(-c4n[nH]c5cnc(C6=CCNCC6)cc45)cc32)c1. The lowest BCUT2D eigenvalue weighted by molar-refractivity contribution is 0.425. The number of nitrogens with one attached hydrogen (secondary N) is 4. The van der Waals surface area contributed by atoms with Crippen molar-refractivity contribution in [1.82, 2.24) is 30.4 Å². The standard InChI is InChI=1S/C30H33FN8/c1-39(2)10-9-34-22-12-19(11-20(31)13-22)23-4-3-21(32)14-27-24(23)15-28(36-27)30-25-16-26(18-5-7-33-8-6-18)35-17-29(25)37-38-30/h3-5,11-13,15-17,33-34,36H,6-10,14,32H2,1-2H3,(H,37,38). The first-order chi connectivity index (χ1) is 18.9. The highest BCUT2D eigenvalue weighted by Crippen LogP contribution is 2.36. The van der Waals surface area contributed by atoms with Crippen molar-refractivity contribution >= 4 is 27.7 Å². The van der Waals surface area contributed by atoms with Gasteiger partial charge in [-0.1, -0.05) is 12.2 Å². The second-order valence-electron chi connectivity index (χ2n) is 10.4. The monoisotopic (exact) mass is 524 g/mol. The van der Waals surface area contributed by atoms with Gasteiger partial charge in [-0.3, -0.25) is 10.1 Å². The summed E-state index contributed by atoms with van der Waals surface area (Å²) < 4.78 is 14.8. The summed E-state index contributed by atoms with van der Waals surface area (Å²) in [5, 5.41) is 15.5. The number of benzene rings is 1. The smallest absolute Gasteiger partial charge is 0.125 e. The Morgan fingerprint density at radius 1 is 1.13 bits per heavy atom. The average Bonchev–Trinajstić information content (AvgIpc) is 3.49. The Morgan fingerprint density at radius 2 is 2.03 bits per heavy atom. The second-order valence-corrected chi connectivity index (χ2v) is 10.4. The largest absolute Gasteiger partial charge is 0.402 e. The predicted octanol–water partition coefficient (Wildman–Crippen LogP) is 4.27. The van der Waals surface area contributed by atoms with Crippen molar-refractivity contribution < 1.29 is 4.39 Å². The first-order valence-corrected chi connectivity index (χ1v) is 13.3. The van der Waals surface area contributed by atoms with Gasteiger partial charge in [-0.2, -0.15) is 5.10 Å². The van der Waals surface area contributed by atoms with E-state index < -0.39 is 0 Å². The van der Waals surface area contributed by atoms with Crippen LogP contribution in [0.4, 0.5) is 10.1 Å². The van der Waals surface area contributed by atoms with Crippen LogP contribution in [0.25, 0.3) is 33.4 Å². The molecule has 1 aliphatic carbocycles. The van der Waals surface area contributed by atoms with Crippen molar-refractivity contribution in [2.45, 2.75) is 12.8 Å². The van der Waals surface area contributed by atoms with Crippen LogP contribution < -0.4 is 16.4 Å². The number of H-pyrrole nitrogens is 2. The third-order valence-electron chi connectivity index (χ3n) is 7.23. The molecule has 8 nitrogen and oxygen atoms in total. The van der Waals surface area contributed by atoms with E-state index in [2.05, 4.69) is 53.9 Å². The Hall–Kier alpha value is -4.21. The summed E-state index contributed by atoms with van der Waals surface area (Å²) in [5.41, 5.74) is 16.3. The van der Waals surface area contributed by atoms with Gasteiger partial charge in [-0.15, -0.1) is 0 Å². The summed E-state index contributed by atoms with van der Waals surface area (Å²) in [6.45, 7) is 3.37. The van der Waals surface area contributed by atoms with E-state index in [0.717, 1.165) is 94.4 Å². The molecular formula is C30H33FN8. The number of nitrogens with two attached hydrogens (primary N) is 1. The molecule has 3 aromatic heterocycles. The highest BCUT2D eigenvalue weighted by atomic mass is 19.1. The average molecular weight is 525 g/mol. The molecule has 0 atom stereocenters. The van der Waals surface area contributed by atoms with Gasteiger partial charge in [0.1, 0.15) is 11.5 Å². The van der Waals surface area contributed by atoms with E-state index >= 15 is 0 Å². The van der Waals surface area contributed by atoms with Gasteiger partial charge in [-0.05, 0) is 80.2 Å². The molecular weight excluding hydrogens is 491 g/mol. The number of aromatic nitrogens is 4. The zero-order valence-corrected chi connectivity index (χ0v) is 22.2. The van der Waals surface area contributed by atoms with E-state index in [0.29, 0.717) is 6.42 Å². The molecule has 39 heavy (non-hydrogen) atoms. The summed E-state index contributed by atoms with van der Waals surface area (Å²) in [5.74, 6) is -0.287. The molecule has 9 heteroatoms. The molecule has 0 saturated heterocycles. The maximum Gasteiger partial charge on any atom is 0.125 e. The van der Waals surface area contributed by atoms with Crippen LogP contribution in [0.5, 0.6) is 0 Å². The first kappa shape index (κ1) is 25.1. The van der Waals surface area contributed by atoms with Crippen molar-refractivity contribution in [2.75, 3.05) is 45.6 Å². The quantitative estimate of drug-likeness (QED) is 0.247. The summed E-state index contributed by atoms with van der Waals surface area (Å²) in [4.78, 5) is 10.3. The third-order valence-corrected chi connectivity index (χ3v) is 7.23. The molecule has 0 unspecified atom stereocenters. The third kappa shape index (κ3) is 5.23. The Kier molecular flexibility index (Phi) is 6.76. The van der Waals surface area contributed by atoms with Crippen molar-refractivity contribution in [3.05, 3.63) is 88.8 Å². The molecule has 0 spiro atoms. The normalized spacial score (nSPS) is 15.5. The number of fused-ring (bicyclic) bond motifs is 2. The number of hydrogen-bond acceptors (Lipinski definition) is 6. The van der Waals surface area contributed by atoms with Gasteiger partial charge < -0.3 is 26.3 Å². The number of rotatable bonds is 7. The van der Waals surface area contributed by atoms with E-state index in [1.807, 2.05) is 38.5 Å². The number of hydrogen-bond donors (Lipinski definition) is 5. The van der Waals surface area contributed by atoms with E-state index in [-0.39, 0.29) is 5.82 Å². The van der Waals surface area contributed by atoms with Crippen molar-refractivity contribution in [2.24, 2.45) is 5.73 Å². The van der Waals surface area contributed by atoms with Crippen molar-refractivity contribution in [3.8, 4) is 11.4 Å². The molecule has 6 N–H and O–H groups in total. The highest BCUT2D eigenvalue weighted by Gasteiger charge is 2.21. The van der Waals surface area contributed by atoms with E-state index in [1.165, 1.54) is 11.6 Å². The zero-order chi connectivity index (χ0) is 26.9. The molecule has 1 aliphatic heterocycles. The van der Waals surface area contributed by atoms with Crippen LogP contribution in [-0.4, -0.2) is 65.3 Å². The fourth-order valence-corrected chi connectivity index (χ4v) is 5.22. The summed E-state index contributed by atoms with van der Waals surface area (Å²) in [6, 6.07) is 9.30. The molecule has 4 heterocycles. The number of pyridine rings is 1. The van der Waals surface area contributed by atoms with Crippen LogP contribution in [0.3, 0.4) is 0 Å². The molecule has 0 amide bonds. The number of anilines is 1. The van der Waals surface area contributed by atoms with Gasteiger partial charge in [-0.25, -0.2) is 4.39 Å². The van der Waals surface area contributed by atoms with Gasteiger partial charge in [0, 0.05) is 54.1 Å². The molecule has 0 radical (unpaired) electrons. The lowest BCUT2D eigenvalue weighted by atomic mass is 9.96. The van der Waals surface area contributed by atoms with E-state index in [1.54, 1.807) is 6.07 Å². The summed E-state index contributed by atoms with van der Waals surface area (Å²) in [7, 11) is 4.03. The van der Waals surface area contributed by atoms with Crippen molar-refractivity contribution in [1.29, 1.82) is 0 Å². The number of nitrogens with zero attached hydrogens (tertiary/aromatic N) is 3. The Balaban J connectivity index is 1.39. The lowest BCUT2D eigenvalue weighted by Gasteiger charge is -2.14. The zero-order valence-electron chi connectivity index (χ0n) is 22.2. The van der Waals surface area contributed by atoms with Crippen LogP contribution in [0, 0.1) is 5.82 Å². The minimum atomic E-state index is -0.287. The van der Waals surface area contributed by atoms with Crippen LogP contribution in [0.2, 0.25) is 0 Å². The molecule has 6 rings (SSSR count). The van der Waals surface area contributed by atoms with E-state index in [4.69, 9.17) is 5.73 Å². The number of aromatic amines is 2. The van der Waals surface area contributed by atoms with Crippen molar-refractivity contribution in [3.63, 3.8) is 0 Å². The highest BCUT2D eigenvalue weighted by molar-refractivity contribution is 5.95. The maximum absolute atomic E-state index is 14.8. The number of allylic oxidation sites excluding steroid dienone is 3. The van der Waals surface area contributed by atoms with Gasteiger partial charge in [0.2, 0.25) is 0 Å². The van der Waals surface area contributed by atoms with E-state index in [9.17, 15) is 4.39 Å². The Bertz CT molecular complexity index is 1620. The summed E-state index contributed by atoms with van der Waals surface area (Å²) >= 11 is 0. The van der Waals surface area contributed by atoms with Gasteiger partial charge >= 0.3 is 0 Å². The number of likely N-dealkylation sites (N-methyl/N-ethyl adjacent to an activating group) is 1. The molecule has 0 saturated carbocycles. The fraction of sp³-hybridized carbons (Fsp3) is 0.267. The molecule has 0 fully saturated rings. The first-order valence-electron chi connectivity index (χ1n) is 13.3. The van der Waals surface area contributed by atoms with Crippen LogP contribution >= 0.6 is 0 Å². The van der Waals surface area contributed by atoms with Crippen LogP contribution in [-0.2, 0) is 6.42 Å². The second kappa shape index (κ2) is 10.5. The minimum absolute atomic E-state index is 0.287. The molecule has 200 valence electrons. The minimum Gasteiger partial charge on any atom is -0.402 e. The molecule has 0 bridgehead atoms. The Labute approximate surface area is 226 Å². The van der Waals surface area contributed by atoms with Gasteiger partial charge in [0.15, 0.2) is 0 Å². The molecule has 4 aromatic rings. The Morgan fingerprint density at radius 3 is 2.85 bits per heavy atom.